The van der Waals surface area contributed by atoms with Gasteiger partial charge in [0.15, 0.2) is 0 Å². The van der Waals surface area contributed by atoms with Crippen LogP contribution in [0.5, 0.6) is 0 Å². The lowest BCUT2D eigenvalue weighted by molar-refractivity contribution is 0.174. The van der Waals surface area contributed by atoms with Crippen LogP contribution < -0.4 is 0 Å². The van der Waals surface area contributed by atoms with Crippen molar-refractivity contribution in [3.63, 3.8) is 0 Å². The predicted molar refractivity (Wildman–Crippen MR) is 47.0 cm³/mol. The second kappa shape index (κ2) is 2.56. The van der Waals surface area contributed by atoms with E-state index in [1.807, 2.05) is 19.3 Å². The van der Waals surface area contributed by atoms with Gasteiger partial charge in [0, 0.05) is 12.4 Å². The second-order valence-electron chi connectivity index (χ2n) is 3.61. The number of hydrogen-bond acceptors (Lipinski definition) is 2. The van der Waals surface area contributed by atoms with Crippen LogP contribution in [0.4, 0.5) is 0 Å². The Balaban J connectivity index is 2.59. The summed E-state index contributed by atoms with van der Waals surface area (Å²) in [4.78, 5) is 4.13. The first-order chi connectivity index (χ1) is 5.70. The SMILES string of the molecule is Cc1cncc2c1[C@@H](O)C[C@H]2C. The zero-order valence-electron chi connectivity index (χ0n) is 7.41. The molecular formula is C10H13NO. The van der Waals surface area contributed by atoms with Gasteiger partial charge in [0.25, 0.3) is 0 Å². The molecule has 2 rings (SSSR count). The molecule has 0 spiro atoms. The summed E-state index contributed by atoms with van der Waals surface area (Å²) in [5.41, 5.74) is 3.45. The Kier molecular flexibility index (Phi) is 1.65. The number of nitrogens with zero attached hydrogens (tertiary/aromatic N) is 1. The van der Waals surface area contributed by atoms with Crippen LogP contribution >= 0.6 is 0 Å². The van der Waals surface area contributed by atoms with E-state index >= 15 is 0 Å². The lowest BCUT2D eigenvalue weighted by atomic mass is 10.0. The average molecular weight is 163 g/mol. The molecule has 0 aliphatic heterocycles. The van der Waals surface area contributed by atoms with Crippen LogP contribution in [0.3, 0.4) is 0 Å². The Morgan fingerprint density at radius 3 is 2.92 bits per heavy atom. The molecule has 2 nitrogen and oxygen atoms in total. The average Bonchev–Trinajstić information content (AvgIpc) is 2.29. The van der Waals surface area contributed by atoms with Crippen molar-refractivity contribution in [1.82, 2.24) is 4.98 Å². The summed E-state index contributed by atoms with van der Waals surface area (Å²) in [7, 11) is 0. The van der Waals surface area contributed by atoms with Gasteiger partial charge in [-0.25, -0.2) is 0 Å². The fourth-order valence-electron chi connectivity index (χ4n) is 2.02. The summed E-state index contributed by atoms with van der Waals surface area (Å²) in [5, 5.41) is 9.70. The van der Waals surface area contributed by atoms with Gasteiger partial charge in [-0.15, -0.1) is 0 Å². The molecule has 0 fully saturated rings. The summed E-state index contributed by atoms with van der Waals surface area (Å²) in [6.45, 7) is 4.14. The maximum absolute atomic E-state index is 9.70. The van der Waals surface area contributed by atoms with Gasteiger partial charge in [0.05, 0.1) is 6.10 Å². The van der Waals surface area contributed by atoms with E-state index in [-0.39, 0.29) is 6.10 Å². The molecule has 0 unspecified atom stereocenters. The Morgan fingerprint density at radius 1 is 1.50 bits per heavy atom. The third-order valence-corrected chi connectivity index (χ3v) is 2.66. The second-order valence-corrected chi connectivity index (χ2v) is 3.61. The predicted octanol–water partition coefficient (Wildman–Crippen LogP) is 1.93. The third-order valence-electron chi connectivity index (χ3n) is 2.66. The molecule has 1 aromatic rings. The Bertz CT molecular complexity index is 309. The molecule has 1 aliphatic rings. The third kappa shape index (κ3) is 0.950. The molecule has 12 heavy (non-hydrogen) atoms. The summed E-state index contributed by atoms with van der Waals surface area (Å²) in [6.07, 6.45) is 4.28. The first kappa shape index (κ1) is 7.74. The number of aromatic nitrogens is 1. The van der Waals surface area contributed by atoms with E-state index in [9.17, 15) is 5.11 Å². The Labute approximate surface area is 72.3 Å². The molecule has 0 saturated carbocycles. The van der Waals surface area contributed by atoms with Gasteiger partial charge in [-0.3, -0.25) is 4.98 Å². The number of hydrogen-bond donors (Lipinski definition) is 1. The maximum atomic E-state index is 9.70. The van der Waals surface area contributed by atoms with E-state index < -0.39 is 0 Å². The van der Waals surface area contributed by atoms with Crippen LogP contribution in [-0.4, -0.2) is 10.1 Å². The molecule has 0 aromatic carbocycles. The van der Waals surface area contributed by atoms with Gasteiger partial charge in [-0.2, -0.15) is 0 Å². The summed E-state index contributed by atoms with van der Waals surface area (Å²) in [5.74, 6) is 0.461. The van der Waals surface area contributed by atoms with Crippen molar-refractivity contribution in [1.29, 1.82) is 0 Å². The van der Waals surface area contributed by atoms with Gasteiger partial charge < -0.3 is 5.11 Å². The Hall–Kier alpha value is -0.890. The highest BCUT2D eigenvalue weighted by molar-refractivity contribution is 5.39. The van der Waals surface area contributed by atoms with E-state index in [2.05, 4.69) is 11.9 Å². The van der Waals surface area contributed by atoms with Gasteiger partial charge >= 0.3 is 0 Å². The quantitative estimate of drug-likeness (QED) is 0.634. The molecular weight excluding hydrogens is 150 g/mol. The monoisotopic (exact) mass is 163 g/mol. The number of aliphatic hydroxyl groups is 1. The minimum atomic E-state index is -0.266. The molecule has 2 atom stereocenters. The molecule has 1 aromatic heterocycles. The number of pyridine rings is 1. The van der Waals surface area contributed by atoms with Gasteiger partial charge in [-0.1, -0.05) is 6.92 Å². The van der Waals surface area contributed by atoms with E-state index in [1.54, 1.807) is 0 Å². The van der Waals surface area contributed by atoms with E-state index in [0.29, 0.717) is 5.92 Å². The van der Waals surface area contributed by atoms with Crippen molar-refractivity contribution in [2.24, 2.45) is 0 Å². The van der Waals surface area contributed by atoms with Gasteiger partial charge in [-0.05, 0) is 36.0 Å². The van der Waals surface area contributed by atoms with Crippen LogP contribution in [0.1, 0.15) is 42.1 Å². The van der Waals surface area contributed by atoms with Crippen molar-refractivity contribution in [2.45, 2.75) is 32.3 Å². The minimum Gasteiger partial charge on any atom is -0.388 e. The van der Waals surface area contributed by atoms with Crippen molar-refractivity contribution < 1.29 is 5.11 Å². The summed E-state index contributed by atoms with van der Waals surface area (Å²) >= 11 is 0. The highest BCUT2D eigenvalue weighted by atomic mass is 16.3. The van der Waals surface area contributed by atoms with Crippen molar-refractivity contribution in [3.8, 4) is 0 Å². The highest BCUT2D eigenvalue weighted by Crippen LogP contribution is 2.40. The van der Waals surface area contributed by atoms with Crippen molar-refractivity contribution in [2.75, 3.05) is 0 Å². The standard InChI is InChI=1S/C10H13NO/c1-6-3-9(12)10-7(2)4-11-5-8(6)10/h4-6,9,12H,3H2,1-2H3/t6-,9+/m1/s1. The van der Waals surface area contributed by atoms with Crippen molar-refractivity contribution >= 4 is 0 Å². The van der Waals surface area contributed by atoms with E-state index in [1.165, 1.54) is 5.56 Å². The molecule has 0 bridgehead atoms. The molecule has 2 heteroatoms. The molecule has 1 heterocycles. The van der Waals surface area contributed by atoms with Crippen molar-refractivity contribution in [3.05, 3.63) is 29.1 Å². The van der Waals surface area contributed by atoms with Gasteiger partial charge in [0.1, 0.15) is 0 Å². The molecule has 0 amide bonds. The summed E-state index contributed by atoms with van der Waals surface area (Å²) < 4.78 is 0. The van der Waals surface area contributed by atoms with Crippen LogP contribution in [-0.2, 0) is 0 Å². The van der Waals surface area contributed by atoms with Crippen LogP contribution in [0.2, 0.25) is 0 Å². The van der Waals surface area contributed by atoms with Crippen LogP contribution in [0, 0.1) is 6.92 Å². The number of aliphatic hydroxyl groups excluding tert-OH is 1. The lowest BCUT2D eigenvalue weighted by Gasteiger charge is -2.06. The smallest absolute Gasteiger partial charge is 0.0802 e. The highest BCUT2D eigenvalue weighted by Gasteiger charge is 2.27. The molecule has 0 radical (unpaired) electrons. The van der Waals surface area contributed by atoms with Crippen LogP contribution in [0.25, 0.3) is 0 Å². The van der Waals surface area contributed by atoms with Crippen LogP contribution in [0.15, 0.2) is 12.4 Å². The molecule has 1 N–H and O–H groups in total. The lowest BCUT2D eigenvalue weighted by Crippen LogP contribution is -1.94. The minimum absolute atomic E-state index is 0.266. The number of fused-ring (bicyclic) bond motifs is 1. The largest absolute Gasteiger partial charge is 0.388 e. The number of aryl methyl sites for hydroxylation is 1. The number of rotatable bonds is 0. The normalized spacial score (nSPS) is 27.2. The zero-order chi connectivity index (χ0) is 8.72. The van der Waals surface area contributed by atoms with E-state index in [4.69, 9.17) is 0 Å². The topological polar surface area (TPSA) is 33.1 Å². The molecule has 1 aliphatic carbocycles. The van der Waals surface area contributed by atoms with E-state index in [0.717, 1.165) is 17.5 Å². The first-order valence-corrected chi connectivity index (χ1v) is 4.32. The van der Waals surface area contributed by atoms with Gasteiger partial charge in [0.2, 0.25) is 0 Å². The first-order valence-electron chi connectivity index (χ1n) is 4.32. The maximum Gasteiger partial charge on any atom is 0.0802 e. The fraction of sp³-hybridized carbons (Fsp3) is 0.500. The fourth-order valence-corrected chi connectivity index (χ4v) is 2.02. The molecule has 64 valence electrons. The molecule has 0 saturated heterocycles. The Morgan fingerprint density at radius 2 is 2.25 bits per heavy atom. The summed E-state index contributed by atoms with van der Waals surface area (Å²) in [6, 6.07) is 0. The zero-order valence-corrected chi connectivity index (χ0v) is 7.41.